The summed E-state index contributed by atoms with van der Waals surface area (Å²) in [5, 5.41) is 4.38. The summed E-state index contributed by atoms with van der Waals surface area (Å²) in [6.45, 7) is 2.23. The highest BCUT2D eigenvalue weighted by Gasteiger charge is 2.28. The van der Waals surface area contributed by atoms with Gasteiger partial charge < -0.3 is 4.74 Å². The number of rotatable bonds is 3. The summed E-state index contributed by atoms with van der Waals surface area (Å²) in [5.74, 6) is -0.469. The molecule has 2 aromatic rings. The van der Waals surface area contributed by atoms with Gasteiger partial charge in [-0.25, -0.2) is 9.07 Å². The number of aromatic nitrogens is 2. The largest absolute Gasteiger partial charge is 0.466 e. The maximum atomic E-state index is 13.0. The molecule has 1 aromatic carbocycles. The van der Waals surface area contributed by atoms with Crippen molar-refractivity contribution in [2.45, 2.75) is 26.2 Å². The smallest absolute Gasteiger partial charge is 0.309 e. The zero-order chi connectivity index (χ0) is 14.8. The SMILES string of the molecule is CCOC(=O)C1CCc2c(cnn2-c2ccc(F)cc2)C1. The van der Waals surface area contributed by atoms with Gasteiger partial charge in [-0.1, -0.05) is 0 Å². The van der Waals surface area contributed by atoms with Gasteiger partial charge in [0, 0.05) is 5.69 Å². The summed E-state index contributed by atoms with van der Waals surface area (Å²) >= 11 is 0. The van der Waals surface area contributed by atoms with E-state index in [4.69, 9.17) is 4.74 Å². The summed E-state index contributed by atoms with van der Waals surface area (Å²) in [6.07, 6.45) is 3.99. The lowest BCUT2D eigenvalue weighted by Crippen LogP contribution is -2.25. The van der Waals surface area contributed by atoms with E-state index in [2.05, 4.69) is 5.10 Å². The first-order valence-electron chi connectivity index (χ1n) is 7.17. The molecule has 0 radical (unpaired) electrons. The van der Waals surface area contributed by atoms with Crippen molar-refractivity contribution in [2.24, 2.45) is 5.92 Å². The van der Waals surface area contributed by atoms with Gasteiger partial charge in [0.1, 0.15) is 5.82 Å². The van der Waals surface area contributed by atoms with Crippen molar-refractivity contribution in [1.29, 1.82) is 0 Å². The van der Waals surface area contributed by atoms with Crippen molar-refractivity contribution in [3.8, 4) is 5.69 Å². The quantitative estimate of drug-likeness (QED) is 0.816. The molecule has 0 N–H and O–H groups in total. The highest BCUT2D eigenvalue weighted by Crippen LogP contribution is 2.28. The van der Waals surface area contributed by atoms with Crippen molar-refractivity contribution in [3.63, 3.8) is 0 Å². The Balaban J connectivity index is 1.84. The molecule has 0 aliphatic heterocycles. The Morgan fingerprint density at radius 2 is 2.19 bits per heavy atom. The Hall–Kier alpha value is -2.17. The molecule has 1 aliphatic carbocycles. The lowest BCUT2D eigenvalue weighted by molar-refractivity contribution is -0.148. The number of esters is 1. The number of halogens is 1. The van der Waals surface area contributed by atoms with Crippen LogP contribution in [0.4, 0.5) is 4.39 Å². The maximum Gasteiger partial charge on any atom is 0.309 e. The van der Waals surface area contributed by atoms with Crippen LogP contribution in [0.1, 0.15) is 24.6 Å². The van der Waals surface area contributed by atoms with Crippen LogP contribution >= 0.6 is 0 Å². The molecule has 1 heterocycles. The summed E-state index contributed by atoms with van der Waals surface area (Å²) in [4.78, 5) is 11.8. The highest BCUT2D eigenvalue weighted by molar-refractivity contribution is 5.73. The van der Waals surface area contributed by atoms with Crippen LogP contribution in [0.25, 0.3) is 5.69 Å². The number of hydrogen-bond acceptors (Lipinski definition) is 3. The molecule has 1 aromatic heterocycles. The van der Waals surface area contributed by atoms with Crippen LogP contribution in [0.15, 0.2) is 30.5 Å². The second-order valence-corrected chi connectivity index (χ2v) is 5.20. The molecule has 4 nitrogen and oxygen atoms in total. The Morgan fingerprint density at radius 3 is 2.90 bits per heavy atom. The molecular formula is C16H17FN2O2. The maximum absolute atomic E-state index is 13.0. The fourth-order valence-electron chi connectivity index (χ4n) is 2.79. The topological polar surface area (TPSA) is 44.1 Å². The fourth-order valence-corrected chi connectivity index (χ4v) is 2.79. The predicted molar refractivity (Wildman–Crippen MR) is 75.7 cm³/mol. The molecule has 0 spiro atoms. The second kappa shape index (κ2) is 5.68. The molecule has 0 bridgehead atoms. The zero-order valence-electron chi connectivity index (χ0n) is 11.9. The van der Waals surface area contributed by atoms with E-state index in [1.165, 1.54) is 12.1 Å². The van der Waals surface area contributed by atoms with E-state index in [-0.39, 0.29) is 17.7 Å². The first kappa shape index (κ1) is 13.8. The van der Waals surface area contributed by atoms with Crippen LogP contribution in [0.5, 0.6) is 0 Å². The molecule has 0 saturated heterocycles. The minimum atomic E-state index is -0.262. The zero-order valence-corrected chi connectivity index (χ0v) is 11.9. The second-order valence-electron chi connectivity index (χ2n) is 5.20. The monoisotopic (exact) mass is 288 g/mol. The van der Waals surface area contributed by atoms with Crippen molar-refractivity contribution in [3.05, 3.63) is 47.5 Å². The van der Waals surface area contributed by atoms with Crippen molar-refractivity contribution >= 4 is 5.97 Å². The number of nitrogens with zero attached hydrogens (tertiary/aromatic N) is 2. The van der Waals surface area contributed by atoms with Crippen LogP contribution in [0.2, 0.25) is 0 Å². The molecule has 5 heteroatoms. The number of ether oxygens (including phenoxy) is 1. The number of carbonyl (C=O) groups excluding carboxylic acids is 1. The van der Waals surface area contributed by atoms with Crippen molar-refractivity contribution < 1.29 is 13.9 Å². The van der Waals surface area contributed by atoms with Gasteiger partial charge in [0.2, 0.25) is 0 Å². The highest BCUT2D eigenvalue weighted by atomic mass is 19.1. The third-order valence-corrected chi connectivity index (χ3v) is 3.84. The number of carbonyl (C=O) groups is 1. The van der Waals surface area contributed by atoms with E-state index in [9.17, 15) is 9.18 Å². The van der Waals surface area contributed by atoms with E-state index >= 15 is 0 Å². The van der Waals surface area contributed by atoms with Crippen LogP contribution in [0, 0.1) is 11.7 Å². The summed E-state index contributed by atoms with van der Waals surface area (Å²) in [6, 6.07) is 6.27. The van der Waals surface area contributed by atoms with E-state index in [0.29, 0.717) is 13.0 Å². The molecule has 21 heavy (non-hydrogen) atoms. The fraction of sp³-hybridized carbons (Fsp3) is 0.375. The van der Waals surface area contributed by atoms with Crippen LogP contribution < -0.4 is 0 Å². The first-order valence-corrected chi connectivity index (χ1v) is 7.17. The molecule has 0 saturated carbocycles. The van der Waals surface area contributed by atoms with Gasteiger partial charge >= 0.3 is 5.97 Å². The molecule has 110 valence electrons. The van der Waals surface area contributed by atoms with E-state index in [1.807, 2.05) is 11.6 Å². The summed E-state index contributed by atoms with van der Waals surface area (Å²) in [5.41, 5.74) is 3.01. The third kappa shape index (κ3) is 2.68. The van der Waals surface area contributed by atoms with Crippen LogP contribution in [-0.2, 0) is 22.4 Å². The number of fused-ring (bicyclic) bond motifs is 1. The average Bonchev–Trinajstić information content (AvgIpc) is 2.91. The molecule has 1 aliphatic rings. The van der Waals surface area contributed by atoms with Crippen LogP contribution in [0.3, 0.4) is 0 Å². The van der Waals surface area contributed by atoms with Crippen molar-refractivity contribution in [2.75, 3.05) is 6.61 Å². The van der Waals surface area contributed by atoms with Gasteiger partial charge in [-0.05, 0) is 56.0 Å². The molecule has 0 fully saturated rings. The molecule has 1 unspecified atom stereocenters. The molecular weight excluding hydrogens is 271 g/mol. The van der Waals surface area contributed by atoms with Crippen LogP contribution in [-0.4, -0.2) is 22.4 Å². The lowest BCUT2D eigenvalue weighted by atomic mass is 9.88. The van der Waals surface area contributed by atoms with Gasteiger partial charge in [0.15, 0.2) is 0 Å². The van der Waals surface area contributed by atoms with Gasteiger partial charge in [0.05, 0.1) is 24.4 Å². The van der Waals surface area contributed by atoms with Crippen molar-refractivity contribution in [1.82, 2.24) is 9.78 Å². The minimum absolute atomic E-state index is 0.0803. The van der Waals surface area contributed by atoms with Gasteiger partial charge in [-0.3, -0.25) is 4.79 Å². The number of hydrogen-bond donors (Lipinski definition) is 0. The molecule has 0 amide bonds. The lowest BCUT2D eigenvalue weighted by Gasteiger charge is -2.21. The summed E-state index contributed by atoms with van der Waals surface area (Å²) in [7, 11) is 0. The van der Waals surface area contributed by atoms with E-state index in [0.717, 1.165) is 29.8 Å². The normalized spacial score (nSPS) is 17.3. The Morgan fingerprint density at radius 1 is 1.43 bits per heavy atom. The average molecular weight is 288 g/mol. The van der Waals surface area contributed by atoms with E-state index in [1.54, 1.807) is 18.3 Å². The molecule has 3 rings (SSSR count). The third-order valence-electron chi connectivity index (χ3n) is 3.84. The standard InChI is InChI=1S/C16H17FN2O2/c1-2-21-16(20)11-3-8-15-12(9-11)10-18-19(15)14-6-4-13(17)5-7-14/h4-7,10-11H,2-3,8-9H2,1H3. The Kier molecular flexibility index (Phi) is 3.73. The Labute approximate surface area is 122 Å². The Bertz CT molecular complexity index is 649. The molecule has 1 atom stereocenters. The minimum Gasteiger partial charge on any atom is -0.466 e. The first-order chi connectivity index (χ1) is 10.2. The van der Waals surface area contributed by atoms with E-state index < -0.39 is 0 Å². The summed E-state index contributed by atoms with van der Waals surface area (Å²) < 4.78 is 19.9. The van der Waals surface area contributed by atoms with Gasteiger partial charge in [0.25, 0.3) is 0 Å². The predicted octanol–water partition coefficient (Wildman–Crippen LogP) is 2.68. The number of benzene rings is 1. The van der Waals surface area contributed by atoms with Gasteiger partial charge in [-0.15, -0.1) is 0 Å². The van der Waals surface area contributed by atoms with Gasteiger partial charge in [-0.2, -0.15) is 5.10 Å².